The van der Waals surface area contributed by atoms with Gasteiger partial charge in [0.1, 0.15) is 11.2 Å². The van der Waals surface area contributed by atoms with Gasteiger partial charge in [0.2, 0.25) is 0 Å². The summed E-state index contributed by atoms with van der Waals surface area (Å²) in [6.07, 6.45) is 1.57. The third-order valence-corrected chi connectivity index (χ3v) is 1.19. The van der Waals surface area contributed by atoms with Crippen molar-refractivity contribution in [3.8, 4) is 5.75 Å². The first-order valence-corrected chi connectivity index (χ1v) is 2.80. The minimum Gasteiger partial charge on any atom is -0.497 e. The Labute approximate surface area is 58.3 Å². The summed E-state index contributed by atoms with van der Waals surface area (Å²) in [5.41, 5.74) is 0.222. The van der Waals surface area contributed by atoms with Crippen LogP contribution in [0.15, 0.2) is 18.3 Å². The predicted octanol–water partition coefficient (Wildman–Crippen LogP) is -0.310. The molecule has 0 spiro atoms. The Morgan fingerprint density at radius 1 is 1.70 bits per heavy atom. The molecule has 1 heterocycles. The SMILES string of the molecule is COc1ccn(N)c(=N)c1. The van der Waals surface area contributed by atoms with Crippen molar-refractivity contribution in [2.24, 2.45) is 0 Å². The normalized spacial score (nSPS) is 9.30. The van der Waals surface area contributed by atoms with Gasteiger partial charge in [-0.3, -0.25) is 10.1 Å². The molecule has 0 aliphatic heterocycles. The summed E-state index contributed by atoms with van der Waals surface area (Å²) in [7, 11) is 1.55. The van der Waals surface area contributed by atoms with E-state index in [1.165, 1.54) is 4.68 Å². The average molecular weight is 139 g/mol. The van der Waals surface area contributed by atoms with Gasteiger partial charge in [-0.15, -0.1) is 0 Å². The highest BCUT2D eigenvalue weighted by Gasteiger charge is 1.89. The van der Waals surface area contributed by atoms with Crippen LogP contribution in [-0.4, -0.2) is 11.8 Å². The topological polar surface area (TPSA) is 64.0 Å². The van der Waals surface area contributed by atoms with E-state index in [2.05, 4.69) is 0 Å². The lowest BCUT2D eigenvalue weighted by Crippen LogP contribution is -2.25. The summed E-state index contributed by atoms with van der Waals surface area (Å²) in [6, 6.07) is 3.23. The number of methoxy groups -OCH3 is 1. The second kappa shape index (κ2) is 2.43. The fraction of sp³-hybridized carbons (Fsp3) is 0.167. The number of nitrogens with zero attached hydrogens (tertiary/aromatic N) is 1. The molecule has 1 rings (SSSR count). The van der Waals surface area contributed by atoms with Gasteiger partial charge in [-0.2, -0.15) is 0 Å². The Morgan fingerprint density at radius 3 is 2.90 bits per heavy atom. The van der Waals surface area contributed by atoms with Gasteiger partial charge in [-0.05, 0) is 6.07 Å². The van der Waals surface area contributed by atoms with Crippen molar-refractivity contribution in [2.45, 2.75) is 0 Å². The first-order chi connectivity index (χ1) is 4.74. The minimum atomic E-state index is 0.222. The first kappa shape index (κ1) is 6.67. The number of ether oxygens (including phenoxy) is 1. The van der Waals surface area contributed by atoms with Gasteiger partial charge in [0.05, 0.1) is 7.11 Å². The summed E-state index contributed by atoms with van der Waals surface area (Å²) >= 11 is 0. The molecule has 0 saturated carbocycles. The molecular formula is C6H9N3O. The number of hydrogen-bond acceptors (Lipinski definition) is 3. The van der Waals surface area contributed by atoms with E-state index >= 15 is 0 Å². The fourth-order valence-electron chi connectivity index (χ4n) is 0.618. The van der Waals surface area contributed by atoms with Gasteiger partial charge >= 0.3 is 0 Å². The van der Waals surface area contributed by atoms with E-state index in [0.29, 0.717) is 5.75 Å². The van der Waals surface area contributed by atoms with Crippen molar-refractivity contribution >= 4 is 0 Å². The zero-order valence-electron chi connectivity index (χ0n) is 5.66. The Morgan fingerprint density at radius 2 is 2.40 bits per heavy atom. The summed E-state index contributed by atoms with van der Waals surface area (Å²) < 4.78 is 6.07. The second-order valence-electron chi connectivity index (χ2n) is 1.86. The van der Waals surface area contributed by atoms with Gasteiger partial charge in [-0.25, -0.2) is 0 Å². The van der Waals surface area contributed by atoms with Gasteiger partial charge in [0, 0.05) is 12.3 Å². The summed E-state index contributed by atoms with van der Waals surface area (Å²) in [5, 5.41) is 7.22. The van der Waals surface area contributed by atoms with Gasteiger partial charge in [0.15, 0.2) is 0 Å². The molecule has 1 aromatic rings. The highest BCUT2D eigenvalue weighted by molar-refractivity contribution is 5.16. The molecule has 0 aliphatic carbocycles. The Kier molecular flexibility index (Phi) is 1.62. The van der Waals surface area contributed by atoms with Crippen LogP contribution < -0.4 is 16.1 Å². The maximum atomic E-state index is 7.22. The van der Waals surface area contributed by atoms with E-state index in [0.717, 1.165) is 0 Å². The number of nitrogen functional groups attached to an aromatic ring is 1. The minimum absolute atomic E-state index is 0.222. The monoisotopic (exact) mass is 139 g/mol. The molecule has 0 fully saturated rings. The second-order valence-corrected chi connectivity index (χ2v) is 1.86. The maximum Gasteiger partial charge on any atom is 0.146 e. The molecule has 4 heteroatoms. The van der Waals surface area contributed by atoms with Crippen LogP contribution in [0.2, 0.25) is 0 Å². The number of aromatic nitrogens is 1. The number of hydrogen-bond donors (Lipinski definition) is 2. The van der Waals surface area contributed by atoms with Gasteiger partial charge in [0.25, 0.3) is 0 Å². The van der Waals surface area contributed by atoms with Crippen molar-refractivity contribution in [1.82, 2.24) is 4.68 Å². The van der Waals surface area contributed by atoms with Crippen molar-refractivity contribution in [3.63, 3.8) is 0 Å². The van der Waals surface area contributed by atoms with Crippen LogP contribution in [0.1, 0.15) is 0 Å². The van der Waals surface area contributed by atoms with Crippen LogP contribution >= 0.6 is 0 Å². The Balaban J connectivity index is 3.17. The summed E-state index contributed by atoms with van der Waals surface area (Å²) in [5.74, 6) is 5.96. The molecule has 0 amide bonds. The molecule has 0 saturated heterocycles. The van der Waals surface area contributed by atoms with Crippen molar-refractivity contribution < 1.29 is 4.74 Å². The van der Waals surface area contributed by atoms with E-state index < -0.39 is 0 Å². The molecular weight excluding hydrogens is 130 g/mol. The highest BCUT2D eigenvalue weighted by atomic mass is 16.5. The molecule has 10 heavy (non-hydrogen) atoms. The fourth-order valence-corrected chi connectivity index (χ4v) is 0.618. The lowest BCUT2D eigenvalue weighted by molar-refractivity contribution is 0.412. The van der Waals surface area contributed by atoms with Crippen LogP contribution in [0.25, 0.3) is 0 Å². The van der Waals surface area contributed by atoms with Crippen LogP contribution in [0, 0.1) is 5.41 Å². The first-order valence-electron chi connectivity index (χ1n) is 2.80. The van der Waals surface area contributed by atoms with Crippen LogP contribution in [0.4, 0.5) is 0 Å². The van der Waals surface area contributed by atoms with Gasteiger partial charge < -0.3 is 10.6 Å². The molecule has 0 aromatic carbocycles. The third-order valence-electron chi connectivity index (χ3n) is 1.19. The zero-order valence-corrected chi connectivity index (χ0v) is 5.66. The standard InChI is InChI=1S/C6H9N3O/c1-10-5-2-3-9(8)6(7)4-5/h2-4,7H,8H2,1H3. The van der Waals surface area contributed by atoms with E-state index in [4.69, 9.17) is 16.0 Å². The van der Waals surface area contributed by atoms with Crippen molar-refractivity contribution in [1.29, 1.82) is 5.41 Å². The smallest absolute Gasteiger partial charge is 0.146 e. The number of pyridine rings is 1. The van der Waals surface area contributed by atoms with Crippen LogP contribution in [0.3, 0.4) is 0 Å². The quantitative estimate of drug-likeness (QED) is 0.524. The number of rotatable bonds is 1. The summed E-state index contributed by atoms with van der Waals surface area (Å²) in [6.45, 7) is 0. The summed E-state index contributed by atoms with van der Waals surface area (Å²) in [4.78, 5) is 0. The third kappa shape index (κ3) is 1.10. The van der Waals surface area contributed by atoms with Crippen molar-refractivity contribution in [3.05, 3.63) is 23.8 Å². The molecule has 0 atom stereocenters. The number of nitrogens with two attached hydrogens (primary N) is 1. The van der Waals surface area contributed by atoms with Crippen molar-refractivity contribution in [2.75, 3.05) is 13.0 Å². The van der Waals surface area contributed by atoms with Crippen LogP contribution in [-0.2, 0) is 0 Å². The molecule has 4 nitrogen and oxygen atoms in total. The van der Waals surface area contributed by atoms with Gasteiger partial charge in [-0.1, -0.05) is 0 Å². The van der Waals surface area contributed by atoms with Crippen LogP contribution in [0.5, 0.6) is 5.75 Å². The lowest BCUT2D eigenvalue weighted by atomic mass is 10.4. The molecule has 0 aliphatic rings. The predicted molar refractivity (Wildman–Crippen MR) is 37.0 cm³/mol. The van der Waals surface area contributed by atoms with E-state index in [-0.39, 0.29) is 5.49 Å². The molecule has 3 N–H and O–H groups in total. The molecule has 0 unspecified atom stereocenters. The van der Waals surface area contributed by atoms with E-state index in [1.807, 2.05) is 0 Å². The zero-order chi connectivity index (χ0) is 7.56. The highest BCUT2D eigenvalue weighted by Crippen LogP contribution is 2.01. The Hall–Kier alpha value is -1.45. The largest absolute Gasteiger partial charge is 0.497 e. The van der Waals surface area contributed by atoms with E-state index in [9.17, 15) is 0 Å². The van der Waals surface area contributed by atoms with E-state index in [1.54, 1.807) is 25.4 Å². The molecule has 0 radical (unpaired) electrons. The Bertz CT molecular complexity index is 279. The average Bonchev–Trinajstić information content (AvgIpc) is 1.95. The maximum absolute atomic E-state index is 7.22. The molecule has 54 valence electrons. The molecule has 1 aromatic heterocycles. The number of nitrogens with one attached hydrogen (secondary N) is 1. The lowest BCUT2D eigenvalue weighted by Gasteiger charge is -2.00. The molecule has 0 bridgehead atoms.